The fourth-order valence-corrected chi connectivity index (χ4v) is 2.02. The van der Waals surface area contributed by atoms with Crippen molar-refractivity contribution in [1.82, 2.24) is 0 Å². The van der Waals surface area contributed by atoms with Gasteiger partial charge < -0.3 is 5.73 Å². The molecule has 0 heterocycles. The average Bonchev–Trinajstić information content (AvgIpc) is 2.36. The molecule has 1 fully saturated rings. The largest absolute Gasteiger partial charge is 0.327 e. The van der Waals surface area contributed by atoms with Crippen molar-refractivity contribution in [3.05, 3.63) is 12.7 Å². The van der Waals surface area contributed by atoms with E-state index in [0.717, 1.165) is 18.3 Å². The topological polar surface area (TPSA) is 26.0 Å². The molecule has 0 saturated heterocycles. The van der Waals surface area contributed by atoms with E-state index < -0.39 is 0 Å². The second kappa shape index (κ2) is 3.91. The van der Waals surface area contributed by atoms with Crippen molar-refractivity contribution in [2.75, 3.05) is 0 Å². The molecule has 1 heteroatoms. The molecule has 0 aliphatic heterocycles. The summed E-state index contributed by atoms with van der Waals surface area (Å²) < 4.78 is 0. The third kappa shape index (κ3) is 2.33. The summed E-state index contributed by atoms with van der Waals surface area (Å²) >= 11 is 0. The predicted octanol–water partition coefficient (Wildman–Crippen LogP) is 2.33. The monoisotopic (exact) mass is 153 g/mol. The molecule has 3 atom stereocenters. The van der Waals surface area contributed by atoms with Gasteiger partial charge in [0.05, 0.1) is 0 Å². The van der Waals surface area contributed by atoms with E-state index in [9.17, 15) is 0 Å². The van der Waals surface area contributed by atoms with Crippen molar-refractivity contribution in [2.45, 2.75) is 38.6 Å². The highest BCUT2D eigenvalue weighted by molar-refractivity contribution is 4.85. The van der Waals surface area contributed by atoms with Crippen molar-refractivity contribution in [2.24, 2.45) is 17.6 Å². The van der Waals surface area contributed by atoms with Gasteiger partial charge in [0.2, 0.25) is 0 Å². The van der Waals surface area contributed by atoms with Gasteiger partial charge in [0.15, 0.2) is 0 Å². The maximum Gasteiger partial charge on any atom is 0.0102 e. The molecular formula is C10H19N. The Labute approximate surface area is 69.7 Å². The van der Waals surface area contributed by atoms with Gasteiger partial charge in [-0.1, -0.05) is 19.4 Å². The Balaban J connectivity index is 2.30. The molecule has 2 N–H and O–H groups in total. The highest BCUT2D eigenvalue weighted by Crippen LogP contribution is 2.32. The van der Waals surface area contributed by atoms with Crippen LogP contribution in [0.25, 0.3) is 0 Å². The molecular weight excluding hydrogens is 134 g/mol. The highest BCUT2D eigenvalue weighted by atomic mass is 14.7. The lowest BCUT2D eigenvalue weighted by molar-refractivity contribution is 0.420. The standard InChI is InChI=1S/C10H19N/c1-3-4-10(11)9-6-5-8(2)7-9/h3,8-10H,1,4-7,11H2,2H3. The van der Waals surface area contributed by atoms with Gasteiger partial charge in [0.1, 0.15) is 0 Å². The Morgan fingerprint density at radius 1 is 1.64 bits per heavy atom. The third-order valence-corrected chi connectivity index (χ3v) is 2.78. The van der Waals surface area contributed by atoms with Gasteiger partial charge in [-0.15, -0.1) is 6.58 Å². The van der Waals surface area contributed by atoms with E-state index in [2.05, 4.69) is 13.5 Å². The molecule has 0 aromatic carbocycles. The zero-order chi connectivity index (χ0) is 8.27. The van der Waals surface area contributed by atoms with Crippen LogP contribution in [-0.2, 0) is 0 Å². The minimum Gasteiger partial charge on any atom is -0.327 e. The number of nitrogens with two attached hydrogens (primary N) is 1. The summed E-state index contributed by atoms with van der Waals surface area (Å²) in [5.41, 5.74) is 5.98. The second-order valence-corrected chi connectivity index (χ2v) is 3.87. The molecule has 0 spiro atoms. The quantitative estimate of drug-likeness (QED) is 0.619. The zero-order valence-corrected chi connectivity index (χ0v) is 7.42. The Morgan fingerprint density at radius 3 is 2.82 bits per heavy atom. The summed E-state index contributed by atoms with van der Waals surface area (Å²) in [7, 11) is 0. The molecule has 0 amide bonds. The van der Waals surface area contributed by atoms with Crippen LogP contribution in [0.1, 0.15) is 32.6 Å². The SMILES string of the molecule is C=CCC(N)C1CCC(C)C1. The van der Waals surface area contributed by atoms with Gasteiger partial charge in [-0.25, -0.2) is 0 Å². The molecule has 0 bridgehead atoms. The van der Waals surface area contributed by atoms with E-state index in [4.69, 9.17) is 5.73 Å². The van der Waals surface area contributed by atoms with Crippen LogP contribution in [0.3, 0.4) is 0 Å². The number of hydrogen-bond donors (Lipinski definition) is 1. The fourth-order valence-electron chi connectivity index (χ4n) is 2.02. The lowest BCUT2D eigenvalue weighted by Gasteiger charge is -2.16. The van der Waals surface area contributed by atoms with Gasteiger partial charge >= 0.3 is 0 Å². The molecule has 0 aromatic rings. The van der Waals surface area contributed by atoms with Crippen LogP contribution in [0, 0.1) is 11.8 Å². The Hall–Kier alpha value is -0.300. The Bertz CT molecular complexity index is 131. The number of hydrogen-bond acceptors (Lipinski definition) is 1. The Morgan fingerprint density at radius 2 is 2.36 bits per heavy atom. The molecule has 64 valence electrons. The summed E-state index contributed by atoms with van der Waals surface area (Å²) in [5.74, 6) is 1.67. The summed E-state index contributed by atoms with van der Waals surface area (Å²) in [5, 5.41) is 0. The first-order valence-corrected chi connectivity index (χ1v) is 4.60. The van der Waals surface area contributed by atoms with E-state index in [1.54, 1.807) is 0 Å². The van der Waals surface area contributed by atoms with Gasteiger partial charge in [0.25, 0.3) is 0 Å². The van der Waals surface area contributed by atoms with E-state index in [1.807, 2.05) is 6.08 Å². The fraction of sp³-hybridized carbons (Fsp3) is 0.800. The maximum absolute atomic E-state index is 5.98. The summed E-state index contributed by atoms with van der Waals surface area (Å²) in [4.78, 5) is 0. The van der Waals surface area contributed by atoms with Crippen molar-refractivity contribution in [3.8, 4) is 0 Å². The third-order valence-electron chi connectivity index (χ3n) is 2.78. The highest BCUT2D eigenvalue weighted by Gasteiger charge is 2.25. The van der Waals surface area contributed by atoms with Crippen LogP contribution >= 0.6 is 0 Å². The molecule has 1 nitrogen and oxygen atoms in total. The van der Waals surface area contributed by atoms with Gasteiger partial charge in [-0.2, -0.15) is 0 Å². The van der Waals surface area contributed by atoms with E-state index >= 15 is 0 Å². The molecule has 11 heavy (non-hydrogen) atoms. The van der Waals surface area contributed by atoms with E-state index in [-0.39, 0.29) is 0 Å². The zero-order valence-electron chi connectivity index (χ0n) is 7.42. The van der Waals surface area contributed by atoms with Crippen LogP contribution in [0.5, 0.6) is 0 Å². The van der Waals surface area contributed by atoms with Crippen molar-refractivity contribution in [1.29, 1.82) is 0 Å². The van der Waals surface area contributed by atoms with Crippen molar-refractivity contribution < 1.29 is 0 Å². The van der Waals surface area contributed by atoms with Gasteiger partial charge in [-0.05, 0) is 31.1 Å². The first-order chi connectivity index (χ1) is 5.24. The Kier molecular flexibility index (Phi) is 3.13. The van der Waals surface area contributed by atoms with E-state index in [0.29, 0.717) is 6.04 Å². The molecule has 0 radical (unpaired) electrons. The summed E-state index contributed by atoms with van der Waals surface area (Å²) in [6, 6.07) is 0.373. The van der Waals surface area contributed by atoms with Crippen LogP contribution in [0.4, 0.5) is 0 Å². The molecule has 1 aliphatic rings. The predicted molar refractivity (Wildman–Crippen MR) is 49.3 cm³/mol. The lowest BCUT2D eigenvalue weighted by Crippen LogP contribution is -2.27. The molecule has 1 saturated carbocycles. The molecule has 1 rings (SSSR count). The minimum absolute atomic E-state index is 0.373. The van der Waals surface area contributed by atoms with Crippen molar-refractivity contribution in [3.63, 3.8) is 0 Å². The van der Waals surface area contributed by atoms with E-state index in [1.165, 1.54) is 19.3 Å². The average molecular weight is 153 g/mol. The normalized spacial score (nSPS) is 33.6. The summed E-state index contributed by atoms with van der Waals surface area (Å²) in [6.07, 6.45) is 6.95. The van der Waals surface area contributed by atoms with Crippen LogP contribution < -0.4 is 5.73 Å². The lowest BCUT2D eigenvalue weighted by atomic mass is 9.95. The smallest absolute Gasteiger partial charge is 0.0102 e. The first kappa shape index (κ1) is 8.79. The van der Waals surface area contributed by atoms with Gasteiger partial charge in [0, 0.05) is 6.04 Å². The second-order valence-electron chi connectivity index (χ2n) is 3.87. The first-order valence-electron chi connectivity index (χ1n) is 4.60. The van der Waals surface area contributed by atoms with Crippen molar-refractivity contribution >= 4 is 0 Å². The maximum atomic E-state index is 5.98. The molecule has 0 aromatic heterocycles. The minimum atomic E-state index is 0.373. The van der Waals surface area contributed by atoms with Crippen LogP contribution in [-0.4, -0.2) is 6.04 Å². The number of rotatable bonds is 3. The molecule has 1 aliphatic carbocycles. The molecule has 3 unspecified atom stereocenters. The summed E-state index contributed by atoms with van der Waals surface area (Å²) in [6.45, 7) is 6.03. The van der Waals surface area contributed by atoms with Gasteiger partial charge in [-0.3, -0.25) is 0 Å². The van der Waals surface area contributed by atoms with Crippen LogP contribution in [0.15, 0.2) is 12.7 Å². The van der Waals surface area contributed by atoms with Crippen LogP contribution in [0.2, 0.25) is 0 Å².